The van der Waals surface area contributed by atoms with Gasteiger partial charge in [-0.3, -0.25) is 0 Å². The van der Waals surface area contributed by atoms with Crippen molar-refractivity contribution in [3.8, 4) is 22.7 Å². The van der Waals surface area contributed by atoms with Crippen LogP contribution in [-0.4, -0.2) is 18.3 Å². The Morgan fingerprint density at radius 1 is 0.246 bits per heavy atom. The topological polar surface area (TPSA) is 19.7 Å². The molecular formula is C64H40N4S. The lowest BCUT2D eigenvalue weighted by molar-refractivity contribution is 1.13. The number of rotatable bonds is 4. The summed E-state index contributed by atoms with van der Waals surface area (Å²) >= 11 is 1.86. The van der Waals surface area contributed by atoms with Gasteiger partial charge in [0, 0.05) is 80.5 Å². The molecule has 15 rings (SSSR count). The lowest BCUT2D eigenvalue weighted by Crippen LogP contribution is -2.02. The third-order valence-corrected chi connectivity index (χ3v) is 15.5. The van der Waals surface area contributed by atoms with Gasteiger partial charge in [0.05, 0.1) is 33.4 Å². The number of hydrogen-bond donors (Lipinski definition) is 0. The third kappa shape index (κ3) is 5.75. The van der Waals surface area contributed by atoms with Gasteiger partial charge in [0.1, 0.15) is 0 Å². The molecule has 15 aromatic rings. The molecule has 69 heavy (non-hydrogen) atoms. The number of fused-ring (bicyclic) bond motifs is 14. The standard InChI is InChI=1S/C64H40N4S/c1-2-18-44(19-3-1)67-59-34-31-47-38-55(59)56-39-48(32-35-60(56)67)66(61-28-13-25-54-51-23-6-8-26-58(51)68(64(54)61)57-27-12-15-41-14-4-5-22-50(41)57)46-21-11-17-43(37-46)42-16-10-20-45(36-42)65(47)49-30-33-53-52-24-7-9-29-62(52)69-63(53)40-49/h1-40H. The first-order valence-electron chi connectivity index (χ1n) is 23.6. The molecule has 0 aliphatic carbocycles. The van der Waals surface area contributed by atoms with Crippen molar-refractivity contribution in [2.75, 3.05) is 0 Å². The number of benzene rings is 11. The lowest BCUT2D eigenvalue weighted by Gasteiger charge is -2.17. The van der Waals surface area contributed by atoms with E-state index in [4.69, 9.17) is 0 Å². The van der Waals surface area contributed by atoms with Crippen LogP contribution in [0.2, 0.25) is 0 Å². The van der Waals surface area contributed by atoms with E-state index in [0.717, 1.165) is 72.1 Å². The fourth-order valence-electron chi connectivity index (χ4n) is 11.3. The van der Waals surface area contributed by atoms with Crippen LogP contribution in [0.15, 0.2) is 243 Å². The summed E-state index contributed by atoms with van der Waals surface area (Å²) < 4.78 is 12.4. The monoisotopic (exact) mass is 896 g/mol. The molecule has 0 saturated carbocycles. The maximum atomic E-state index is 2.50. The van der Waals surface area contributed by atoms with Crippen molar-refractivity contribution in [3.05, 3.63) is 243 Å². The van der Waals surface area contributed by atoms with Crippen molar-refractivity contribution in [1.82, 2.24) is 18.3 Å². The molecule has 0 saturated heterocycles. The predicted octanol–water partition coefficient (Wildman–Crippen LogP) is 17.6. The zero-order chi connectivity index (χ0) is 45.2. The summed E-state index contributed by atoms with van der Waals surface area (Å²) in [4.78, 5) is 0. The Morgan fingerprint density at radius 2 is 0.797 bits per heavy atom. The molecule has 0 fully saturated rings. The molecule has 4 aromatic heterocycles. The van der Waals surface area contributed by atoms with E-state index in [1.165, 1.54) is 58.0 Å². The van der Waals surface area contributed by atoms with Gasteiger partial charge in [-0.1, -0.05) is 133 Å². The molecule has 322 valence electrons. The second kappa shape index (κ2) is 14.8. The maximum absolute atomic E-state index is 2.50. The van der Waals surface area contributed by atoms with Crippen molar-refractivity contribution in [2.24, 2.45) is 0 Å². The number of hydrogen-bond acceptors (Lipinski definition) is 1. The van der Waals surface area contributed by atoms with Gasteiger partial charge >= 0.3 is 0 Å². The molecule has 0 radical (unpaired) electrons. The molecular weight excluding hydrogens is 857 g/mol. The molecule has 0 aliphatic rings. The second-order valence-corrected chi connectivity index (χ2v) is 19.2. The van der Waals surface area contributed by atoms with Crippen molar-refractivity contribution in [2.45, 2.75) is 0 Å². The van der Waals surface area contributed by atoms with Gasteiger partial charge in [-0.2, -0.15) is 0 Å². The molecule has 11 aromatic carbocycles. The Labute approximate surface area is 400 Å². The normalized spacial score (nSPS) is 12.1. The van der Waals surface area contributed by atoms with Crippen LogP contribution in [0.4, 0.5) is 0 Å². The van der Waals surface area contributed by atoms with Gasteiger partial charge in [0.15, 0.2) is 0 Å². The van der Waals surface area contributed by atoms with Gasteiger partial charge in [-0.15, -0.1) is 11.3 Å². The van der Waals surface area contributed by atoms with Crippen LogP contribution in [0.3, 0.4) is 0 Å². The molecule has 8 bridgehead atoms. The van der Waals surface area contributed by atoms with E-state index < -0.39 is 0 Å². The quantitative estimate of drug-likeness (QED) is 0.168. The highest BCUT2D eigenvalue weighted by molar-refractivity contribution is 7.25. The van der Waals surface area contributed by atoms with Crippen LogP contribution in [0.5, 0.6) is 0 Å². The third-order valence-electron chi connectivity index (χ3n) is 14.3. The smallest absolute Gasteiger partial charge is 0.0782 e. The van der Waals surface area contributed by atoms with E-state index in [2.05, 4.69) is 261 Å². The second-order valence-electron chi connectivity index (χ2n) is 18.1. The van der Waals surface area contributed by atoms with E-state index in [1.54, 1.807) is 0 Å². The molecule has 5 heteroatoms. The van der Waals surface area contributed by atoms with Crippen molar-refractivity contribution >= 4 is 119 Å². The van der Waals surface area contributed by atoms with E-state index in [0.29, 0.717) is 0 Å². The average Bonchev–Trinajstić information content (AvgIpc) is 4.06. The number of thiophene rings is 1. The first-order chi connectivity index (χ1) is 34.2. The Hall–Kier alpha value is -8.90. The highest BCUT2D eigenvalue weighted by atomic mass is 32.1. The summed E-state index contributed by atoms with van der Waals surface area (Å²) in [7, 11) is 0. The molecule has 4 nitrogen and oxygen atoms in total. The Morgan fingerprint density at radius 3 is 1.59 bits per heavy atom. The predicted molar refractivity (Wildman–Crippen MR) is 294 cm³/mol. The average molecular weight is 897 g/mol. The highest BCUT2D eigenvalue weighted by Crippen LogP contribution is 2.41. The molecule has 0 atom stereocenters. The molecule has 0 aliphatic heterocycles. The summed E-state index contributed by atoms with van der Waals surface area (Å²) in [5.41, 5.74) is 13.5. The molecule has 0 N–H and O–H groups in total. The zero-order valence-electron chi connectivity index (χ0n) is 37.3. The van der Waals surface area contributed by atoms with Crippen LogP contribution >= 0.6 is 11.3 Å². The summed E-state index contributed by atoms with van der Waals surface area (Å²) in [5, 5.41) is 12.1. The number of aromatic nitrogens is 4. The van der Waals surface area contributed by atoms with E-state index in [9.17, 15) is 0 Å². The minimum Gasteiger partial charge on any atom is -0.310 e. The van der Waals surface area contributed by atoms with Crippen LogP contribution in [0.1, 0.15) is 0 Å². The van der Waals surface area contributed by atoms with Gasteiger partial charge in [0.2, 0.25) is 0 Å². The summed E-state index contributed by atoms with van der Waals surface area (Å²) in [6.07, 6.45) is 0. The van der Waals surface area contributed by atoms with E-state index >= 15 is 0 Å². The minimum absolute atomic E-state index is 1.08. The summed E-state index contributed by atoms with van der Waals surface area (Å²) in [6.45, 7) is 0. The Kier molecular flexibility index (Phi) is 8.20. The number of para-hydroxylation sites is 3. The number of nitrogens with zero attached hydrogens (tertiary/aromatic N) is 4. The first kappa shape index (κ1) is 38.2. The fraction of sp³-hybridized carbons (Fsp3) is 0. The maximum Gasteiger partial charge on any atom is 0.0782 e. The van der Waals surface area contributed by atoms with Crippen LogP contribution < -0.4 is 0 Å². The van der Waals surface area contributed by atoms with Gasteiger partial charge < -0.3 is 18.3 Å². The Balaban J connectivity index is 1.11. The van der Waals surface area contributed by atoms with Gasteiger partial charge in [0.25, 0.3) is 0 Å². The van der Waals surface area contributed by atoms with E-state index in [1.807, 2.05) is 11.3 Å². The SMILES string of the molecule is c1ccc(-n2c3ccc4cc3c3cc(ccc32)n(-c2cccc3c5ccccc5n(-c5cccc6ccccc56)c23)c2cccc(c2)c2cccc(c2)n4-c2ccc3c(c2)sc2ccccc23)cc1. The van der Waals surface area contributed by atoms with Gasteiger partial charge in [-0.25, -0.2) is 0 Å². The molecule has 0 amide bonds. The fourth-order valence-corrected chi connectivity index (χ4v) is 12.5. The summed E-state index contributed by atoms with van der Waals surface area (Å²) in [6, 6.07) is 89.9. The van der Waals surface area contributed by atoms with E-state index in [-0.39, 0.29) is 0 Å². The Bertz CT molecular complexity index is 4670. The zero-order valence-corrected chi connectivity index (χ0v) is 38.1. The van der Waals surface area contributed by atoms with Crippen molar-refractivity contribution in [1.29, 1.82) is 0 Å². The highest BCUT2D eigenvalue weighted by Gasteiger charge is 2.20. The van der Waals surface area contributed by atoms with Crippen LogP contribution in [0.25, 0.3) is 130 Å². The molecule has 0 spiro atoms. The molecule has 4 heterocycles. The van der Waals surface area contributed by atoms with Crippen molar-refractivity contribution in [3.63, 3.8) is 0 Å². The summed E-state index contributed by atoms with van der Waals surface area (Å²) in [5.74, 6) is 0. The minimum atomic E-state index is 1.08. The van der Waals surface area contributed by atoms with Crippen LogP contribution in [-0.2, 0) is 0 Å². The lowest BCUT2D eigenvalue weighted by atomic mass is 10.1. The largest absolute Gasteiger partial charge is 0.310 e. The van der Waals surface area contributed by atoms with Gasteiger partial charge in [-0.05, 0) is 125 Å². The first-order valence-corrected chi connectivity index (χ1v) is 24.4. The van der Waals surface area contributed by atoms with Crippen LogP contribution in [0, 0.1) is 0 Å². The van der Waals surface area contributed by atoms with Crippen molar-refractivity contribution < 1.29 is 0 Å². The molecule has 0 unspecified atom stereocenters.